The van der Waals surface area contributed by atoms with Crippen molar-refractivity contribution in [2.45, 2.75) is 26.4 Å². The molecule has 1 aromatic carbocycles. The molecular formula is C16H17BrFN3O3S. The summed E-state index contributed by atoms with van der Waals surface area (Å²) >= 11 is 4.04. The number of hydrogen-bond donors (Lipinski definition) is 2. The van der Waals surface area contributed by atoms with Crippen LogP contribution in [0.1, 0.15) is 20.8 Å². The van der Waals surface area contributed by atoms with Gasteiger partial charge in [-0.1, -0.05) is 39.4 Å². The maximum atomic E-state index is 14.1. The minimum Gasteiger partial charge on any atom is -0.444 e. The zero-order chi connectivity index (χ0) is 18.6. The van der Waals surface area contributed by atoms with E-state index >= 15 is 0 Å². The summed E-state index contributed by atoms with van der Waals surface area (Å²) < 4.78 is 19.9. The molecule has 1 aromatic heterocycles. The molecule has 0 fully saturated rings. The van der Waals surface area contributed by atoms with E-state index in [1.165, 1.54) is 0 Å². The lowest BCUT2D eigenvalue weighted by atomic mass is 10.2. The van der Waals surface area contributed by atoms with E-state index in [0.29, 0.717) is 5.56 Å². The van der Waals surface area contributed by atoms with E-state index < -0.39 is 22.7 Å². The van der Waals surface area contributed by atoms with Crippen molar-refractivity contribution in [1.29, 1.82) is 0 Å². The lowest BCUT2D eigenvalue weighted by molar-refractivity contribution is -0.115. The Balaban J connectivity index is 1.96. The Morgan fingerprint density at radius 1 is 1.36 bits per heavy atom. The van der Waals surface area contributed by atoms with Gasteiger partial charge < -0.3 is 15.4 Å². The molecule has 0 bridgehead atoms. The van der Waals surface area contributed by atoms with Gasteiger partial charge in [-0.15, -0.1) is 0 Å². The van der Waals surface area contributed by atoms with Gasteiger partial charge in [0.1, 0.15) is 17.8 Å². The van der Waals surface area contributed by atoms with Crippen LogP contribution in [0.15, 0.2) is 28.7 Å². The van der Waals surface area contributed by atoms with Crippen molar-refractivity contribution in [2.75, 3.05) is 11.9 Å². The number of hydrogen-bond acceptors (Lipinski definition) is 5. The molecule has 0 aliphatic rings. The SMILES string of the molecule is CC(C)(C)OC(=O)NCC(=O)Nc1nc(-c2cccc(Br)c2)c(F)s1. The van der Waals surface area contributed by atoms with Crippen LogP contribution < -0.4 is 10.6 Å². The summed E-state index contributed by atoms with van der Waals surface area (Å²) in [5.41, 5.74) is 0.0925. The Morgan fingerprint density at radius 2 is 2.08 bits per heavy atom. The molecule has 2 N–H and O–H groups in total. The van der Waals surface area contributed by atoms with Crippen LogP contribution in [0.4, 0.5) is 14.3 Å². The van der Waals surface area contributed by atoms with Crippen LogP contribution in [0.25, 0.3) is 11.3 Å². The van der Waals surface area contributed by atoms with Crippen molar-refractivity contribution in [2.24, 2.45) is 0 Å². The number of halogens is 2. The number of aromatic nitrogens is 1. The lowest BCUT2D eigenvalue weighted by Gasteiger charge is -2.19. The smallest absolute Gasteiger partial charge is 0.408 e. The first kappa shape index (κ1) is 19.3. The molecule has 0 aliphatic heterocycles. The Kier molecular flexibility index (Phi) is 6.12. The summed E-state index contributed by atoms with van der Waals surface area (Å²) in [5, 5.41) is 4.38. The molecule has 2 aromatic rings. The molecular weight excluding hydrogens is 413 g/mol. The summed E-state index contributed by atoms with van der Waals surface area (Å²) in [5.74, 6) is -0.527. The average Bonchev–Trinajstić information content (AvgIpc) is 2.84. The third-order valence-electron chi connectivity index (χ3n) is 2.72. The van der Waals surface area contributed by atoms with Gasteiger partial charge >= 0.3 is 6.09 Å². The largest absolute Gasteiger partial charge is 0.444 e. The number of rotatable bonds is 4. The van der Waals surface area contributed by atoms with E-state index in [1.54, 1.807) is 39.0 Å². The van der Waals surface area contributed by atoms with E-state index in [4.69, 9.17) is 4.74 Å². The molecule has 0 radical (unpaired) electrons. The quantitative estimate of drug-likeness (QED) is 0.763. The first-order chi connectivity index (χ1) is 11.6. The summed E-state index contributed by atoms with van der Waals surface area (Å²) in [7, 11) is 0. The molecule has 134 valence electrons. The van der Waals surface area contributed by atoms with Gasteiger partial charge in [0.05, 0.1) is 0 Å². The number of carbonyl (C=O) groups is 2. The van der Waals surface area contributed by atoms with Crippen LogP contribution in [0.2, 0.25) is 0 Å². The average molecular weight is 430 g/mol. The predicted octanol–water partition coefficient (Wildman–Crippen LogP) is 4.17. The number of thiazole rings is 1. The lowest BCUT2D eigenvalue weighted by Crippen LogP contribution is -2.37. The molecule has 0 unspecified atom stereocenters. The standard InChI is InChI=1S/C16H17BrFN3O3S/c1-16(2,3)24-15(23)19-8-11(22)20-14-21-12(13(18)25-14)9-5-4-6-10(17)7-9/h4-7H,8H2,1-3H3,(H,19,23)(H,20,21,22). The Labute approximate surface area is 156 Å². The Hall–Kier alpha value is -2.00. The monoisotopic (exact) mass is 429 g/mol. The number of anilines is 1. The molecule has 0 aliphatic carbocycles. The highest BCUT2D eigenvalue weighted by atomic mass is 79.9. The van der Waals surface area contributed by atoms with E-state index in [-0.39, 0.29) is 17.4 Å². The van der Waals surface area contributed by atoms with Crippen LogP contribution in [-0.2, 0) is 9.53 Å². The third-order valence-corrected chi connectivity index (χ3v) is 3.97. The second kappa shape index (κ2) is 7.92. The van der Waals surface area contributed by atoms with Crippen LogP contribution in [0.5, 0.6) is 0 Å². The summed E-state index contributed by atoms with van der Waals surface area (Å²) in [6.45, 7) is 4.85. The number of amides is 2. The Morgan fingerprint density at radius 3 is 2.72 bits per heavy atom. The van der Waals surface area contributed by atoms with Gasteiger partial charge in [0.15, 0.2) is 5.13 Å². The van der Waals surface area contributed by atoms with E-state index in [1.807, 2.05) is 6.07 Å². The number of ether oxygens (including phenoxy) is 1. The molecule has 1 heterocycles. The highest BCUT2D eigenvalue weighted by Gasteiger charge is 2.18. The van der Waals surface area contributed by atoms with Crippen molar-refractivity contribution in [3.63, 3.8) is 0 Å². The maximum Gasteiger partial charge on any atom is 0.408 e. The first-order valence-corrected chi connectivity index (χ1v) is 8.94. The first-order valence-electron chi connectivity index (χ1n) is 7.33. The number of nitrogens with one attached hydrogen (secondary N) is 2. The maximum absolute atomic E-state index is 14.1. The molecule has 6 nitrogen and oxygen atoms in total. The summed E-state index contributed by atoms with van der Waals surface area (Å²) in [4.78, 5) is 27.4. The van der Waals surface area contributed by atoms with Crippen molar-refractivity contribution >= 4 is 44.4 Å². The zero-order valence-corrected chi connectivity index (χ0v) is 16.3. The Bertz CT molecular complexity index is 789. The van der Waals surface area contributed by atoms with Gasteiger partial charge in [0.25, 0.3) is 0 Å². The highest BCUT2D eigenvalue weighted by Crippen LogP contribution is 2.30. The van der Waals surface area contributed by atoms with Crippen LogP contribution in [0, 0.1) is 5.13 Å². The fourth-order valence-corrected chi connectivity index (χ4v) is 2.93. The van der Waals surface area contributed by atoms with Gasteiger partial charge in [-0.3, -0.25) is 4.79 Å². The minimum atomic E-state index is -0.706. The molecule has 2 rings (SSSR count). The van der Waals surface area contributed by atoms with Crippen molar-refractivity contribution in [3.05, 3.63) is 33.9 Å². The van der Waals surface area contributed by atoms with E-state index in [9.17, 15) is 14.0 Å². The molecule has 0 atom stereocenters. The van der Waals surface area contributed by atoms with E-state index in [2.05, 4.69) is 31.5 Å². The van der Waals surface area contributed by atoms with Crippen LogP contribution in [0.3, 0.4) is 0 Å². The van der Waals surface area contributed by atoms with Gasteiger partial charge in [0, 0.05) is 10.0 Å². The van der Waals surface area contributed by atoms with Crippen LogP contribution in [-0.4, -0.2) is 29.1 Å². The number of carbonyl (C=O) groups excluding carboxylic acids is 2. The second-order valence-corrected chi connectivity index (χ2v) is 7.92. The highest BCUT2D eigenvalue weighted by molar-refractivity contribution is 9.10. The third kappa shape index (κ3) is 6.09. The fourth-order valence-electron chi connectivity index (χ4n) is 1.80. The van der Waals surface area contributed by atoms with Crippen molar-refractivity contribution < 1.29 is 18.7 Å². The van der Waals surface area contributed by atoms with E-state index in [0.717, 1.165) is 15.8 Å². The molecule has 0 spiro atoms. The summed E-state index contributed by atoms with van der Waals surface area (Å²) in [6.07, 6.45) is -0.706. The van der Waals surface area contributed by atoms with Crippen LogP contribution >= 0.6 is 27.3 Å². The molecule has 9 heteroatoms. The minimum absolute atomic E-state index is 0.114. The van der Waals surface area contributed by atoms with Gasteiger partial charge in [-0.25, -0.2) is 9.78 Å². The second-order valence-electron chi connectivity index (χ2n) is 6.06. The van der Waals surface area contributed by atoms with Gasteiger partial charge in [-0.2, -0.15) is 4.39 Å². The van der Waals surface area contributed by atoms with Crippen molar-refractivity contribution in [1.82, 2.24) is 10.3 Å². The van der Waals surface area contributed by atoms with Gasteiger partial charge in [-0.05, 0) is 32.9 Å². The number of alkyl carbamates (subject to hydrolysis) is 1. The normalized spacial score (nSPS) is 11.1. The fraction of sp³-hybridized carbons (Fsp3) is 0.312. The summed E-state index contributed by atoms with van der Waals surface area (Å²) in [6, 6.07) is 7.03. The van der Waals surface area contributed by atoms with Gasteiger partial charge in [0.2, 0.25) is 11.0 Å². The molecule has 2 amide bonds. The topological polar surface area (TPSA) is 80.3 Å². The molecule has 25 heavy (non-hydrogen) atoms. The zero-order valence-electron chi connectivity index (χ0n) is 13.9. The molecule has 0 saturated carbocycles. The predicted molar refractivity (Wildman–Crippen MR) is 98.1 cm³/mol. The molecule has 0 saturated heterocycles. The number of nitrogens with zero attached hydrogens (tertiary/aromatic N) is 1. The van der Waals surface area contributed by atoms with Crippen molar-refractivity contribution in [3.8, 4) is 11.3 Å². The number of benzene rings is 1.